The number of aryl methyl sites for hydroxylation is 1. The van der Waals surface area contributed by atoms with Gasteiger partial charge in [0.1, 0.15) is 11.6 Å². The zero-order valence-corrected chi connectivity index (χ0v) is 24.6. The van der Waals surface area contributed by atoms with E-state index in [9.17, 15) is 9.59 Å². The number of piperazine rings is 1. The minimum absolute atomic E-state index is 0.0249. The smallest absolute Gasteiger partial charge is 0.323 e. The Morgan fingerprint density at radius 2 is 1.45 bits per heavy atom. The van der Waals surface area contributed by atoms with E-state index in [1.165, 1.54) is 0 Å². The van der Waals surface area contributed by atoms with E-state index in [1.807, 2.05) is 54.3 Å². The number of aromatic nitrogens is 4. The van der Waals surface area contributed by atoms with Gasteiger partial charge in [-0.2, -0.15) is 9.97 Å². The fraction of sp³-hybridized carbons (Fsp3) is 0.312. The monoisotopic (exact) mass is 593 g/mol. The van der Waals surface area contributed by atoms with Crippen LogP contribution in [0.2, 0.25) is 0 Å². The van der Waals surface area contributed by atoms with Crippen molar-refractivity contribution in [3.63, 3.8) is 0 Å². The number of carbonyl (C=O) groups excluding carboxylic acids is 2. The van der Waals surface area contributed by atoms with E-state index >= 15 is 0 Å². The lowest BCUT2D eigenvalue weighted by Crippen LogP contribution is -2.49. The molecule has 12 heteroatoms. The van der Waals surface area contributed by atoms with E-state index in [0.29, 0.717) is 61.4 Å². The lowest BCUT2D eigenvalue weighted by atomic mass is 10.1. The summed E-state index contributed by atoms with van der Waals surface area (Å²) in [7, 11) is 0. The summed E-state index contributed by atoms with van der Waals surface area (Å²) in [5, 5.41) is 5.68. The van der Waals surface area contributed by atoms with Crippen LogP contribution in [-0.2, 0) is 11.2 Å². The Morgan fingerprint density at radius 1 is 0.773 bits per heavy atom. The average molecular weight is 594 g/mol. The van der Waals surface area contributed by atoms with Gasteiger partial charge in [-0.25, -0.2) is 14.8 Å². The maximum atomic E-state index is 13.1. The van der Waals surface area contributed by atoms with Gasteiger partial charge in [0, 0.05) is 74.4 Å². The number of ether oxygens (including phenoxy) is 1. The van der Waals surface area contributed by atoms with Gasteiger partial charge in [-0.05, 0) is 60.7 Å². The molecule has 2 aromatic heterocycles. The summed E-state index contributed by atoms with van der Waals surface area (Å²) in [6.45, 7) is 7.52. The zero-order chi connectivity index (χ0) is 30.3. The molecule has 2 aliphatic rings. The van der Waals surface area contributed by atoms with Gasteiger partial charge in [0.2, 0.25) is 5.95 Å². The quantitative estimate of drug-likeness (QED) is 0.327. The number of nitrogens with zero attached hydrogens (tertiary/aromatic N) is 7. The Bertz CT molecular complexity index is 1570. The van der Waals surface area contributed by atoms with Gasteiger partial charge in [0.25, 0.3) is 5.91 Å². The largest absolute Gasteiger partial charge is 0.378 e. The second-order valence-electron chi connectivity index (χ2n) is 10.5. The van der Waals surface area contributed by atoms with Crippen molar-refractivity contribution < 1.29 is 14.3 Å². The van der Waals surface area contributed by atoms with Crippen LogP contribution < -0.4 is 20.4 Å². The second kappa shape index (κ2) is 13.5. The van der Waals surface area contributed by atoms with Gasteiger partial charge in [0.15, 0.2) is 5.82 Å². The van der Waals surface area contributed by atoms with Crippen molar-refractivity contribution in [3.05, 3.63) is 84.3 Å². The number of urea groups is 1. The molecule has 0 bridgehead atoms. The Hall–Kier alpha value is -5.10. The molecule has 4 heterocycles. The highest BCUT2D eigenvalue weighted by Crippen LogP contribution is 2.22. The number of anilines is 4. The molecule has 0 unspecified atom stereocenters. The molecule has 3 amide bonds. The van der Waals surface area contributed by atoms with E-state index in [-0.39, 0.29) is 11.9 Å². The Labute approximate surface area is 256 Å². The van der Waals surface area contributed by atoms with Crippen molar-refractivity contribution in [3.8, 4) is 11.4 Å². The molecule has 6 rings (SSSR count). The van der Waals surface area contributed by atoms with Crippen molar-refractivity contribution in [2.45, 2.75) is 13.3 Å². The summed E-state index contributed by atoms with van der Waals surface area (Å²) in [5.41, 5.74) is 2.63. The zero-order valence-electron chi connectivity index (χ0n) is 24.6. The van der Waals surface area contributed by atoms with Gasteiger partial charge in [-0.3, -0.25) is 4.79 Å². The van der Waals surface area contributed by atoms with Gasteiger partial charge in [-0.15, -0.1) is 0 Å². The van der Waals surface area contributed by atoms with E-state index < -0.39 is 0 Å². The molecule has 0 saturated carbocycles. The fourth-order valence-electron chi connectivity index (χ4n) is 5.15. The highest BCUT2D eigenvalue weighted by atomic mass is 16.5. The summed E-state index contributed by atoms with van der Waals surface area (Å²) in [6.07, 6.45) is 2.48. The maximum Gasteiger partial charge on any atom is 0.323 e. The minimum Gasteiger partial charge on any atom is -0.378 e. The molecule has 2 fully saturated rings. The lowest BCUT2D eigenvalue weighted by molar-refractivity contribution is 0.0746. The summed E-state index contributed by atoms with van der Waals surface area (Å²) in [4.78, 5) is 50.2. The predicted octanol–water partition coefficient (Wildman–Crippen LogP) is 3.94. The molecule has 0 atom stereocenters. The first kappa shape index (κ1) is 29.0. The number of carbonyl (C=O) groups is 2. The first-order valence-electron chi connectivity index (χ1n) is 14.9. The number of nitrogens with one attached hydrogen (secondary N) is 2. The van der Waals surface area contributed by atoms with E-state index in [2.05, 4.69) is 35.4 Å². The van der Waals surface area contributed by atoms with Crippen molar-refractivity contribution >= 4 is 35.1 Å². The van der Waals surface area contributed by atoms with Crippen LogP contribution in [0.15, 0.2) is 72.9 Å². The predicted molar refractivity (Wildman–Crippen MR) is 169 cm³/mol. The molecule has 0 spiro atoms. The summed E-state index contributed by atoms with van der Waals surface area (Å²) in [6, 6.07) is 19.8. The molecule has 0 radical (unpaired) electrons. The lowest BCUT2D eigenvalue weighted by Gasteiger charge is -2.35. The summed E-state index contributed by atoms with van der Waals surface area (Å²) < 4.78 is 5.46. The fourth-order valence-corrected chi connectivity index (χ4v) is 5.15. The van der Waals surface area contributed by atoms with Crippen molar-refractivity contribution in [1.29, 1.82) is 0 Å². The third kappa shape index (κ3) is 6.92. The molecular weight excluding hydrogens is 558 g/mol. The number of morpholine rings is 1. The summed E-state index contributed by atoms with van der Waals surface area (Å²) >= 11 is 0. The molecule has 12 nitrogen and oxygen atoms in total. The second-order valence-corrected chi connectivity index (χ2v) is 10.5. The summed E-state index contributed by atoms with van der Waals surface area (Å²) in [5.74, 6) is 2.89. The van der Waals surface area contributed by atoms with Gasteiger partial charge < -0.3 is 30.1 Å². The Morgan fingerprint density at radius 3 is 2.09 bits per heavy atom. The third-order valence-corrected chi connectivity index (χ3v) is 7.61. The minimum atomic E-state index is -0.384. The number of pyridine rings is 1. The average Bonchev–Trinajstić information content (AvgIpc) is 3.09. The highest BCUT2D eigenvalue weighted by molar-refractivity contribution is 6.00. The first-order chi connectivity index (χ1) is 21.6. The van der Waals surface area contributed by atoms with Crippen LogP contribution >= 0.6 is 0 Å². The van der Waals surface area contributed by atoms with E-state index in [4.69, 9.17) is 9.72 Å². The SMILES string of the molecule is CCc1nc(-c2ccc(NC(=O)Nc3ccc(C(=O)N4CCN(c5ccccn5)CC4)cc3)cc2)nc(N2CCOCC2)n1. The van der Waals surface area contributed by atoms with E-state index in [1.54, 1.807) is 30.5 Å². The van der Waals surface area contributed by atoms with Gasteiger partial charge in [-0.1, -0.05) is 13.0 Å². The Balaban J connectivity index is 1.02. The first-order valence-corrected chi connectivity index (χ1v) is 14.9. The van der Waals surface area contributed by atoms with Crippen molar-refractivity contribution in [1.82, 2.24) is 24.8 Å². The molecule has 226 valence electrons. The van der Waals surface area contributed by atoms with Gasteiger partial charge >= 0.3 is 6.03 Å². The van der Waals surface area contributed by atoms with Crippen LogP contribution in [0.5, 0.6) is 0 Å². The Kier molecular flexibility index (Phi) is 8.87. The van der Waals surface area contributed by atoms with Crippen molar-refractivity contribution in [2.75, 3.05) is 72.9 Å². The number of hydrogen-bond donors (Lipinski definition) is 2. The number of rotatable bonds is 7. The molecular formula is C32H35N9O3. The van der Waals surface area contributed by atoms with Gasteiger partial charge in [0.05, 0.1) is 13.2 Å². The van der Waals surface area contributed by atoms with E-state index in [0.717, 1.165) is 43.4 Å². The third-order valence-electron chi connectivity index (χ3n) is 7.61. The normalized spacial score (nSPS) is 15.2. The van der Waals surface area contributed by atoms with Crippen LogP contribution in [-0.4, -0.2) is 89.3 Å². The van der Waals surface area contributed by atoms with Crippen LogP contribution in [0.25, 0.3) is 11.4 Å². The number of hydrogen-bond acceptors (Lipinski definition) is 9. The molecule has 2 aliphatic heterocycles. The van der Waals surface area contributed by atoms with Crippen LogP contribution in [0, 0.1) is 0 Å². The number of benzene rings is 2. The van der Waals surface area contributed by atoms with Crippen LogP contribution in [0.4, 0.5) is 27.9 Å². The molecule has 2 aromatic carbocycles. The van der Waals surface area contributed by atoms with Crippen LogP contribution in [0.1, 0.15) is 23.1 Å². The molecule has 0 aliphatic carbocycles. The maximum absolute atomic E-state index is 13.1. The molecule has 2 N–H and O–H groups in total. The topological polar surface area (TPSA) is 129 Å². The molecule has 2 saturated heterocycles. The molecule has 4 aromatic rings. The number of amides is 3. The van der Waals surface area contributed by atoms with Crippen LogP contribution in [0.3, 0.4) is 0 Å². The standard InChI is InChI=1S/C32H35N9O3/c1-2-27-36-29(38-31(37-27)41-19-21-44-22-20-41)23-6-10-25(11-7-23)34-32(43)35-26-12-8-24(9-13-26)30(42)40-17-15-39(16-18-40)28-5-3-4-14-33-28/h3-14H,2,15-22H2,1H3,(H2,34,35,43). The highest BCUT2D eigenvalue weighted by Gasteiger charge is 2.23. The molecule has 44 heavy (non-hydrogen) atoms. The van der Waals surface area contributed by atoms with Crippen molar-refractivity contribution in [2.24, 2.45) is 0 Å².